The molecule has 0 radical (unpaired) electrons. The Morgan fingerprint density at radius 3 is 2.33 bits per heavy atom. The number of piperazine rings is 1. The molecular formula is C21H24N4O2. The minimum Gasteiger partial charge on any atom is -0.508 e. The Hall–Kier alpha value is -3.02. The van der Waals surface area contributed by atoms with Gasteiger partial charge in [0.25, 0.3) is 5.91 Å². The summed E-state index contributed by atoms with van der Waals surface area (Å²) < 4.78 is 0. The average molecular weight is 364 g/mol. The second-order valence-electron chi connectivity index (χ2n) is 7.05. The third-order valence-corrected chi connectivity index (χ3v) is 5.15. The molecule has 4 rings (SSSR count). The standard InChI is InChI=1S/C21H24N4O2/c1-16-9-10-25(22-16)18-7-5-17(6-8-18)21(27)24-13-11-23(12-14-24)19-3-2-4-20(26)15-19/h2-8,15,26H,9-14H2,1H3. The fraction of sp³-hybridized carbons (Fsp3) is 0.333. The van der Waals surface area contributed by atoms with Crippen LogP contribution in [0.15, 0.2) is 53.6 Å². The van der Waals surface area contributed by atoms with Crippen LogP contribution in [-0.2, 0) is 0 Å². The number of hydrazone groups is 1. The summed E-state index contributed by atoms with van der Waals surface area (Å²) in [5.74, 6) is 0.335. The van der Waals surface area contributed by atoms with Crippen molar-refractivity contribution in [2.24, 2.45) is 5.10 Å². The molecule has 2 aromatic carbocycles. The number of rotatable bonds is 3. The van der Waals surface area contributed by atoms with E-state index in [0.29, 0.717) is 18.7 Å². The lowest BCUT2D eigenvalue weighted by molar-refractivity contribution is 0.0747. The fourth-order valence-corrected chi connectivity index (χ4v) is 3.58. The monoisotopic (exact) mass is 364 g/mol. The molecule has 6 heteroatoms. The highest BCUT2D eigenvalue weighted by atomic mass is 16.3. The summed E-state index contributed by atoms with van der Waals surface area (Å²) in [5, 5.41) is 16.1. The molecule has 0 atom stereocenters. The average Bonchev–Trinajstić information content (AvgIpc) is 3.14. The fourth-order valence-electron chi connectivity index (χ4n) is 3.58. The predicted octanol–water partition coefficient (Wildman–Crippen LogP) is 2.94. The van der Waals surface area contributed by atoms with Crippen molar-refractivity contribution in [2.75, 3.05) is 42.6 Å². The molecule has 1 fully saturated rings. The van der Waals surface area contributed by atoms with Crippen LogP contribution in [0, 0.1) is 0 Å². The van der Waals surface area contributed by atoms with Crippen molar-refractivity contribution in [2.45, 2.75) is 13.3 Å². The number of carbonyl (C=O) groups is 1. The Kier molecular flexibility index (Phi) is 4.71. The molecule has 0 aromatic heterocycles. The third-order valence-electron chi connectivity index (χ3n) is 5.15. The molecule has 6 nitrogen and oxygen atoms in total. The van der Waals surface area contributed by atoms with Crippen LogP contribution in [0.5, 0.6) is 5.75 Å². The molecule has 0 spiro atoms. The number of hydrogen-bond acceptors (Lipinski definition) is 5. The minimum atomic E-state index is 0.0678. The summed E-state index contributed by atoms with van der Waals surface area (Å²) in [7, 11) is 0. The Morgan fingerprint density at radius 1 is 0.963 bits per heavy atom. The molecule has 1 saturated heterocycles. The number of phenols is 1. The molecule has 1 N–H and O–H groups in total. The predicted molar refractivity (Wildman–Crippen MR) is 108 cm³/mol. The highest BCUT2D eigenvalue weighted by Gasteiger charge is 2.23. The van der Waals surface area contributed by atoms with Crippen LogP contribution < -0.4 is 9.91 Å². The normalized spacial score (nSPS) is 17.2. The Bertz CT molecular complexity index is 855. The molecule has 2 aliphatic heterocycles. The van der Waals surface area contributed by atoms with Crippen molar-refractivity contribution in [3.63, 3.8) is 0 Å². The smallest absolute Gasteiger partial charge is 0.253 e. The van der Waals surface area contributed by atoms with Gasteiger partial charge in [0, 0.05) is 62.2 Å². The molecule has 140 valence electrons. The first-order valence-electron chi connectivity index (χ1n) is 9.35. The molecule has 2 heterocycles. The molecule has 2 aliphatic rings. The second-order valence-corrected chi connectivity index (χ2v) is 7.05. The number of hydrogen-bond donors (Lipinski definition) is 1. The van der Waals surface area contributed by atoms with Gasteiger partial charge in [-0.1, -0.05) is 6.07 Å². The highest BCUT2D eigenvalue weighted by molar-refractivity contribution is 5.95. The number of phenolic OH excluding ortho intramolecular Hbond substituents is 1. The van der Waals surface area contributed by atoms with Gasteiger partial charge >= 0.3 is 0 Å². The largest absolute Gasteiger partial charge is 0.508 e. The molecule has 0 saturated carbocycles. The van der Waals surface area contributed by atoms with Gasteiger partial charge in [-0.05, 0) is 43.3 Å². The summed E-state index contributed by atoms with van der Waals surface area (Å²) in [6, 6.07) is 15.0. The minimum absolute atomic E-state index is 0.0678. The topological polar surface area (TPSA) is 59.4 Å². The van der Waals surface area contributed by atoms with Crippen molar-refractivity contribution < 1.29 is 9.90 Å². The van der Waals surface area contributed by atoms with E-state index in [0.717, 1.165) is 43.1 Å². The number of nitrogens with zero attached hydrogens (tertiary/aromatic N) is 4. The second kappa shape index (κ2) is 7.31. The summed E-state index contributed by atoms with van der Waals surface area (Å²) in [6.07, 6.45) is 0.990. The van der Waals surface area contributed by atoms with E-state index in [1.807, 2.05) is 53.2 Å². The molecule has 0 unspecified atom stereocenters. The van der Waals surface area contributed by atoms with Crippen LogP contribution in [0.1, 0.15) is 23.7 Å². The number of benzene rings is 2. The van der Waals surface area contributed by atoms with Gasteiger partial charge in [0.1, 0.15) is 5.75 Å². The summed E-state index contributed by atoms with van der Waals surface area (Å²) >= 11 is 0. The zero-order valence-corrected chi connectivity index (χ0v) is 15.5. The van der Waals surface area contributed by atoms with Gasteiger partial charge < -0.3 is 14.9 Å². The van der Waals surface area contributed by atoms with E-state index >= 15 is 0 Å². The molecule has 0 aliphatic carbocycles. The highest BCUT2D eigenvalue weighted by Crippen LogP contribution is 2.23. The van der Waals surface area contributed by atoms with Crippen LogP contribution in [0.25, 0.3) is 0 Å². The quantitative estimate of drug-likeness (QED) is 0.910. The molecule has 0 bridgehead atoms. The van der Waals surface area contributed by atoms with Gasteiger partial charge in [0.15, 0.2) is 0 Å². The van der Waals surface area contributed by atoms with Gasteiger partial charge in [-0.3, -0.25) is 9.80 Å². The van der Waals surface area contributed by atoms with Gasteiger partial charge in [0.2, 0.25) is 0 Å². The van der Waals surface area contributed by atoms with E-state index in [9.17, 15) is 9.90 Å². The Balaban J connectivity index is 1.38. The van der Waals surface area contributed by atoms with Gasteiger partial charge in [0.05, 0.1) is 5.69 Å². The maximum absolute atomic E-state index is 12.8. The van der Waals surface area contributed by atoms with Crippen molar-refractivity contribution in [1.82, 2.24) is 4.90 Å². The maximum atomic E-state index is 12.8. The molecule has 27 heavy (non-hydrogen) atoms. The van der Waals surface area contributed by atoms with Gasteiger partial charge in [-0.2, -0.15) is 5.10 Å². The first-order valence-corrected chi connectivity index (χ1v) is 9.35. The van der Waals surface area contributed by atoms with Crippen LogP contribution in [0.4, 0.5) is 11.4 Å². The lowest BCUT2D eigenvalue weighted by atomic mass is 10.1. The van der Waals surface area contributed by atoms with E-state index in [4.69, 9.17) is 0 Å². The summed E-state index contributed by atoms with van der Waals surface area (Å²) in [4.78, 5) is 16.9. The summed E-state index contributed by atoms with van der Waals surface area (Å²) in [6.45, 7) is 5.80. The Labute approximate surface area is 159 Å². The van der Waals surface area contributed by atoms with Crippen LogP contribution in [0.3, 0.4) is 0 Å². The van der Waals surface area contributed by atoms with Crippen LogP contribution >= 0.6 is 0 Å². The number of anilines is 2. The number of aromatic hydroxyl groups is 1. The zero-order chi connectivity index (χ0) is 18.8. The Morgan fingerprint density at radius 2 is 1.70 bits per heavy atom. The van der Waals surface area contributed by atoms with E-state index in [2.05, 4.69) is 10.0 Å². The van der Waals surface area contributed by atoms with Crippen molar-refractivity contribution in [1.29, 1.82) is 0 Å². The lowest BCUT2D eigenvalue weighted by Gasteiger charge is -2.36. The van der Waals surface area contributed by atoms with Crippen LogP contribution in [0.2, 0.25) is 0 Å². The number of amides is 1. The first kappa shape index (κ1) is 17.4. The molecule has 2 aromatic rings. The molecule has 1 amide bonds. The van der Waals surface area contributed by atoms with Gasteiger partial charge in [-0.15, -0.1) is 0 Å². The van der Waals surface area contributed by atoms with Crippen molar-refractivity contribution in [3.8, 4) is 5.75 Å². The van der Waals surface area contributed by atoms with E-state index < -0.39 is 0 Å². The maximum Gasteiger partial charge on any atom is 0.253 e. The van der Waals surface area contributed by atoms with E-state index in [-0.39, 0.29) is 11.7 Å². The number of carbonyl (C=O) groups excluding carboxylic acids is 1. The van der Waals surface area contributed by atoms with Crippen molar-refractivity contribution in [3.05, 3.63) is 54.1 Å². The van der Waals surface area contributed by atoms with E-state index in [1.54, 1.807) is 12.1 Å². The van der Waals surface area contributed by atoms with E-state index in [1.165, 1.54) is 0 Å². The zero-order valence-electron chi connectivity index (χ0n) is 15.5. The molecular weight excluding hydrogens is 340 g/mol. The lowest BCUT2D eigenvalue weighted by Crippen LogP contribution is -2.48. The SMILES string of the molecule is CC1=NN(c2ccc(C(=O)N3CCN(c4cccc(O)c4)CC3)cc2)CC1. The van der Waals surface area contributed by atoms with Gasteiger partial charge in [-0.25, -0.2) is 0 Å². The van der Waals surface area contributed by atoms with Crippen LogP contribution in [-0.4, -0.2) is 54.3 Å². The summed E-state index contributed by atoms with van der Waals surface area (Å²) in [5.41, 5.74) is 3.87. The third kappa shape index (κ3) is 3.74. The van der Waals surface area contributed by atoms with Crippen molar-refractivity contribution >= 4 is 23.0 Å². The first-order chi connectivity index (χ1) is 13.1.